The lowest BCUT2D eigenvalue weighted by molar-refractivity contribution is -0.143. The summed E-state index contributed by atoms with van der Waals surface area (Å²) in [5, 5.41) is 2.49. The van der Waals surface area contributed by atoms with Crippen molar-refractivity contribution >= 4 is 39.5 Å². The molecule has 2 aliphatic heterocycles. The van der Waals surface area contributed by atoms with E-state index in [0.717, 1.165) is 5.39 Å². The van der Waals surface area contributed by atoms with Crippen LogP contribution in [0.1, 0.15) is 19.4 Å². The molecule has 0 bridgehead atoms. The average molecular weight is 449 g/mol. The number of nitrogens with zero attached hydrogens (tertiary/aromatic N) is 2. The minimum atomic E-state index is -2.59. The molecule has 0 saturated carbocycles. The van der Waals surface area contributed by atoms with Gasteiger partial charge >= 0.3 is 5.97 Å². The first kappa shape index (κ1) is 21.4. The van der Waals surface area contributed by atoms with E-state index in [4.69, 9.17) is 9.47 Å². The number of carbonyl (C=O) groups is 2. The molecule has 166 valence electrons. The SMILES string of the molecule is CC(C)OC(=O)C1=C(NN2CCS(O)(O)CC2)OC(=Cc2c[nH]c3ncccc23)C1=O. The van der Waals surface area contributed by atoms with Crippen LogP contribution in [0.25, 0.3) is 17.1 Å². The summed E-state index contributed by atoms with van der Waals surface area (Å²) in [6.07, 6.45) is 4.50. The normalized spacial score (nSPS) is 21.6. The molecule has 4 rings (SSSR count). The molecule has 31 heavy (non-hydrogen) atoms. The number of nitrogens with one attached hydrogen (secondary N) is 2. The molecule has 2 aromatic rings. The predicted octanol–water partition coefficient (Wildman–Crippen LogP) is 2.24. The monoisotopic (exact) mass is 448 g/mol. The molecule has 10 nitrogen and oxygen atoms in total. The van der Waals surface area contributed by atoms with Crippen LogP contribution >= 0.6 is 10.6 Å². The molecule has 1 fully saturated rings. The Labute approximate surface area is 180 Å². The number of ether oxygens (including phenoxy) is 2. The average Bonchev–Trinajstić information content (AvgIpc) is 3.24. The third-order valence-corrected chi connectivity index (χ3v) is 6.52. The Morgan fingerprint density at radius 1 is 1.39 bits per heavy atom. The summed E-state index contributed by atoms with van der Waals surface area (Å²) >= 11 is 0. The summed E-state index contributed by atoms with van der Waals surface area (Å²) in [5.41, 5.74) is 4.07. The largest absolute Gasteiger partial charge is 0.459 e. The maximum absolute atomic E-state index is 13.0. The number of fused-ring (bicyclic) bond motifs is 1. The molecular weight excluding hydrogens is 424 g/mol. The van der Waals surface area contributed by atoms with E-state index in [2.05, 4.69) is 15.4 Å². The zero-order valence-electron chi connectivity index (χ0n) is 17.1. The van der Waals surface area contributed by atoms with Crippen LogP contribution in [0.3, 0.4) is 0 Å². The fourth-order valence-electron chi connectivity index (χ4n) is 3.29. The number of ketones is 1. The number of Topliss-reactive ketones (excluding diaryl/α,β-unsaturated/α-hetero) is 1. The number of carbonyl (C=O) groups excluding carboxylic acids is 2. The van der Waals surface area contributed by atoms with Gasteiger partial charge in [0.25, 0.3) is 0 Å². The van der Waals surface area contributed by atoms with E-state index in [-0.39, 0.29) is 28.7 Å². The molecule has 0 amide bonds. The van der Waals surface area contributed by atoms with E-state index < -0.39 is 28.4 Å². The van der Waals surface area contributed by atoms with Gasteiger partial charge in [-0.15, -0.1) is 0 Å². The second kappa shape index (κ2) is 8.35. The second-order valence-corrected chi connectivity index (χ2v) is 9.97. The summed E-state index contributed by atoms with van der Waals surface area (Å²) < 4.78 is 30.6. The maximum Gasteiger partial charge on any atom is 0.348 e. The Morgan fingerprint density at radius 2 is 2.13 bits per heavy atom. The number of rotatable bonds is 5. The Kier molecular flexibility index (Phi) is 5.75. The van der Waals surface area contributed by atoms with Crippen molar-refractivity contribution in [2.24, 2.45) is 0 Å². The fourth-order valence-corrected chi connectivity index (χ4v) is 4.52. The number of hydrazine groups is 1. The van der Waals surface area contributed by atoms with Crippen LogP contribution in [0.15, 0.2) is 41.7 Å². The molecule has 0 spiro atoms. The van der Waals surface area contributed by atoms with Crippen LogP contribution in [0.4, 0.5) is 0 Å². The Morgan fingerprint density at radius 3 is 2.84 bits per heavy atom. The highest BCUT2D eigenvalue weighted by molar-refractivity contribution is 8.24. The van der Waals surface area contributed by atoms with Crippen molar-refractivity contribution in [3.05, 3.63) is 47.3 Å². The van der Waals surface area contributed by atoms with E-state index in [1.54, 1.807) is 43.4 Å². The van der Waals surface area contributed by atoms with Crippen molar-refractivity contribution in [3.8, 4) is 0 Å². The number of aromatic nitrogens is 2. The van der Waals surface area contributed by atoms with Gasteiger partial charge in [-0.3, -0.25) is 19.3 Å². The number of pyridine rings is 1. The van der Waals surface area contributed by atoms with Gasteiger partial charge in [-0.1, -0.05) is 0 Å². The third kappa shape index (κ3) is 4.59. The van der Waals surface area contributed by atoms with Crippen LogP contribution in [0, 0.1) is 0 Å². The Balaban J connectivity index is 1.62. The standard InChI is InChI=1S/C20H24N4O6S/c1-12(2)29-20(26)16-17(25)15(10-13-11-22-18-14(13)4-3-5-21-18)30-19(16)23-24-6-8-31(27,28)9-7-24/h3-5,10-12,23,27-28H,6-9H2,1-2H3,(H,21,22). The smallest absolute Gasteiger partial charge is 0.348 e. The molecule has 0 unspecified atom stereocenters. The third-order valence-electron chi connectivity index (χ3n) is 4.84. The Bertz CT molecular complexity index is 1080. The summed E-state index contributed by atoms with van der Waals surface area (Å²) in [6.45, 7) is 4.03. The fraction of sp³-hybridized carbons (Fsp3) is 0.350. The van der Waals surface area contributed by atoms with Gasteiger partial charge in [-0.25, -0.2) is 14.8 Å². The molecule has 1 saturated heterocycles. The van der Waals surface area contributed by atoms with Gasteiger partial charge in [0, 0.05) is 36.4 Å². The summed E-state index contributed by atoms with van der Waals surface area (Å²) in [6, 6.07) is 3.64. The van der Waals surface area contributed by atoms with E-state index in [1.165, 1.54) is 0 Å². The first-order valence-electron chi connectivity index (χ1n) is 9.80. The first-order chi connectivity index (χ1) is 14.7. The Hall–Kier alpha value is -2.86. The minimum Gasteiger partial charge on any atom is -0.459 e. The highest BCUT2D eigenvalue weighted by Gasteiger charge is 2.38. The minimum absolute atomic E-state index is 0.0238. The molecule has 0 aromatic carbocycles. The lowest BCUT2D eigenvalue weighted by atomic mass is 10.1. The summed E-state index contributed by atoms with van der Waals surface area (Å²) in [5.74, 6) is -1.04. The topological polar surface area (TPSA) is 137 Å². The van der Waals surface area contributed by atoms with Crippen LogP contribution in [-0.4, -0.2) is 66.5 Å². The molecule has 2 aromatic heterocycles. The maximum atomic E-state index is 13.0. The second-order valence-electron chi connectivity index (χ2n) is 7.55. The van der Waals surface area contributed by atoms with Gasteiger partial charge in [-0.2, -0.15) is 10.6 Å². The summed E-state index contributed by atoms with van der Waals surface area (Å²) in [7, 11) is -2.59. The molecule has 4 heterocycles. The summed E-state index contributed by atoms with van der Waals surface area (Å²) in [4.78, 5) is 32.9. The molecule has 2 aliphatic rings. The highest BCUT2D eigenvalue weighted by Crippen LogP contribution is 2.40. The molecular formula is C20H24N4O6S. The number of hydrogen-bond acceptors (Lipinski definition) is 9. The molecule has 4 N–H and O–H groups in total. The van der Waals surface area contributed by atoms with Gasteiger partial charge in [0.1, 0.15) is 5.65 Å². The lowest BCUT2D eigenvalue weighted by Gasteiger charge is -2.41. The van der Waals surface area contributed by atoms with E-state index in [9.17, 15) is 18.7 Å². The predicted molar refractivity (Wildman–Crippen MR) is 116 cm³/mol. The number of allylic oxidation sites excluding steroid dienone is 1. The van der Waals surface area contributed by atoms with E-state index >= 15 is 0 Å². The molecule has 11 heteroatoms. The number of aromatic amines is 1. The van der Waals surface area contributed by atoms with Crippen LogP contribution in [0.5, 0.6) is 0 Å². The lowest BCUT2D eigenvalue weighted by Crippen LogP contribution is -2.46. The molecule has 0 atom stereocenters. The van der Waals surface area contributed by atoms with Gasteiger partial charge in [0.2, 0.25) is 11.7 Å². The molecule has 0 radical (unpaired) electrons. The van der Waals surface area contributed by atoms with Gasteiger partial charge in [0.15, 0.2) is 11.3 Å². The zero-order valence-corrected chi connectivity index (χ0v) is 17.9. The van der Waals surface area contributed by atoms with Crippen molar-refractivity contribution < 1.29 is 28.2 Å². The van der Waals surface area contributed by atoms with Gasteiger partial charge < -0.3 is 14.5 Å². The number of H-pyrrole nitrogens is 1. The van der Waals surface area contributed by atoms with Crippen molar-refractivity contribution in [1.29, 1.82) is 0 Å². The van der Waals surface area contributed by atoms with Crippen molar-refractivity contribution in [2.45, 2.75) is 20.0 Å². The number of esters is 1. The van der Waals surface area contributed by atoms with Gasteiger partial charge in [-0.05, 0) is 32.1 Å². The van der Waals surface area contributed by atoms with E-state index in [0.29, 0.717) is 24.3 Å². The van der Waals surface area contributed by atoms with Crippen LogP contribution < -0.4 is 5.43 Å². The van der Waals surface area contributed by atoms with Crippen molar-refractivity contribution in [3.63, 3.8) is 0 Å². The highest BCUT2D eigenvalue weighted by atomic mass is 32.3. The zero-order chi connectivity index (χ0) is 22.2. The quantitative estimate of drug-likeness (QED) is 0.308. The van der Waals surface area contributed by atoms with Crippen LogP contribution in [0.2, 0.25) is 0 Å². The van der Waals surface area contributed by atoms with E-state index in [1.807, 2.05) is 6.07 Å². The van der Waals surface area contributed by atoms with Crippen molar-refractivity contribution in [2.75, 3.05) is 24.6 Å². The van der Waals surface area contributed by atoms with Gasteiger partial charge in [0.05, 0.1) is 17.6 Å². The van der Waals surface area contributed by atoms with Crippen LogP contribution in [-0.2, 0) is 19.1 Å². The van der Waals surface area contributed by atoms with Crippen molar-refractivity contribution in [1.82, 2.24) is 20.4 Å². The molecule has 0 aliphatic carbocycles. The number of hydrogen-bond donors (Lipinski definition) is 4. The first-order valence-corrected chi connectivity index (χ1v) is 11.7.